The summed E-state index contributed by atoms with van der Waals surface area (Å²) in [6, 6.07) is 10.8. The number of carbonyl (C=O) groups is 2. The molecule has 8 heteroatoms. The van der Waals surface area contributed by atoms with Gasteiger partial charge in [0.25, 0.3) is 5.91 Å². The van der Waals surface area contributed by atoms with E-state index in [-0.39, 0.29) is 17.1 Å². The van der Waals surface area contributed by atoms with E-state index in [1.54, 1.807) is 12.1 Å². The maximum atomic E-state index is 12.8. The van der Waals surface area contributed by atoms with Crippen LogP contribution in [0.5, 0.6) is 5.75 Å². The van der Waals surface area contributed by atoms with Gasteiger partial charge in [0.05, 0.1) is 5.56 Å². The number of halogens is 3. The lowest BCUT2D eigenvalue weighted by Crippen LogP contribution is -2.36. The van der Waals surface area contributed by atoms with Crippen LogP contribution in [0.3, 0.4) is 0 Å². The van der Waals surface area contributed by atoms with Crippen LogP contribution in [0.25, 0.3) is 0 Å². The second kappa shape index (κ2) is 9.61. The van der Waals surface area contributed by atoms with E-state index in [0.29, 0.717) is 13.0 Å². The molecule has 0 radical (unpaired) electrons. The molecular weight excluding hydrogens is 363 g/mol. The van der Waals surface area contributed by atoms with E-state index in [2.05, 4.69) is 10.1 Å². The average Bonchev–Trinajstić information content (AvgIpc) is 2.63. The smallest absolute Gasteiger partial charge is 0.387 e. The standard InChI is InChI=1S/C19H18F3NO4/c1-12(17(24)23-11-10-13-2-6-15(20)7-3-13)26-18(25)14-4-8-16(9-5-14)27-19(21)22/h2-9,12,19H,10-11H2,1H3,(H,23,24)/t12-/m0/s1. The molecule has 2 rings (SSSR count). The van der Waals surface area contributed by atoms with Crippen LogP contribution in [-0.2, 0) is 16.0 Å². The Kier molecular flexibility index (Phi) is 7.22. The van der Waals surface area contributed by atoms with E-state index in [4.69, 9.17) is 4.74 Å². The van der Waals surface area contributed by atoms with Crippen LogP contribution in [-0.4, -0.2) is 31.1 Å². The maximum Gasteiger partial charge on any atom is 0.387 e. The number of ether oxygens (including phenoxy) is 2. The number of benzene rings is 2. The molecule has 0 aliphatic carbocycles. The summed E-state index contributed by atoms with van der Waals surface area (Å²) in [5.41, 5.74) is 0.954. The van der Waals surface area contributed by atoms with Gasteiger partial charge in [-0.1, -0.05) is 12.1 Å². The number of hydrogen-bond acceptors (Lipinski definition) is 4. The van der Waals surface area contributed by atoms with Gasteiger partial charge in [-0.25, -0.2) is 9.18 Å². The van der Waals surface area contributed by atoms with Crippen molar-refractivity contribution in [1.29, 1.82) is 0 Å². The Morgan fingerprint density at radius 2 is 1.67 bits per heavy atom. The third-order valence-corrected chi connectivity index (χ3v) is 3.59. The van der Waals surface area contributed by atoms with Crippen molar-refractivity contribution in [2.45, 2.75) is 26.1 Å². The first-order valence-corrected chi connectivity index (χ1v) is 8.13. The quantitative estimate of drug-likeness (QED) is 0.713. The number of nitrogens with one attached hydrogen (secondary N) is 1. The van der Waals surface area contributed by atoms with Crippen LogP contribution < -0.4 is 10.1 Å². The van der Waals surface area contributed by atoms with Gasteiger partial charge in [-0.15, -0.1) is 0 Å². The molecule has 0 bridgehead atoms. The minimum absolute atomic E-state index is 0.0897. The van der Waals surface area contributed by atoms with Gasteiger partial charge in [0, 0.05) is 6.54 Å². The van der Waals surface area contributed by atoms with E-state index < -0.39 is 24.6 Å². The fraction of sp³-hybridized carbons (Fsp3) is 0.263. The molecule has 27 heavy (non-hydrogen) atoms. The average molecular weight is 381 g/mol. The summed E-state index contributed by atoms with van der Waals surface area (Å²) in [4.78, 5) is 24.0. The Morgan fingerprint density at radius 1 is 1.04 bits per heavy atom. The van der Waals surface area contributed by atoms with E-state index >= 15 is 0 Å². The second-order valence-electron chi connectivity index (χ2n) is 5.62. The zero-order valence-corrected chi connectivity index (χ0v) is 14.5. The SMILES string of the molecule is C[C@H](OC(=O)c1ccc(OC(F)F)cc1)C(=O)NCCc1ccc(F)cc1. The predicted molar refractivity (Wildman–Crippen MR) is 91.1 cm³/mol. The van der Waals surface area contributed by atoms with Gasteiger partial charge in [-0.05, 0) is 55.3 Å². The molecular formula is C19H18F3NO4. The highest BCUT2D eigenvalue weighted by molar-refractivity contribution is 5.92. The monoisotopic (exact) mass is 381 g/mol. The predicted octanol–water partition coefficient (Wildman–Crippen LogP) is 3.33. The van der Waals surface area contributed by atoms with Crippen molar-refractivity contribution in [2.24, 2.45) is 0 Å². The number of hydrogen-bond donors (Lipinski definition) is 1. The molecule has 1 atom stereocenters. The fourth-order valence-electron chi connectivity index (χ4n) is 2.18. The maximum absolute atomic E-state index is 12.8. The molecule has 0 saturated heterocycles. The van der Waals surface area contributed by atoms with Gasteiger partial charge in [0.15, 0.2) is 6.10 Å². The van der Waals surface area contributed by atoms with Crippen molar-refractivity contribution in [3.8, 4) is 5.75 Å². The van der Waals surface area contributed by atoms with Gasteiger partial charge in [-0.3, -0.25) is 4.79 Å². The molecule has 0 aromatic heterocycles. The fourth-order valence-corrected chi connectivity index (χ4v) is 2.18. The first-order chi connectivity index (χ1) is 12.8. The van der Waals surface area contributed by atoms with Gasteiger partial charge in [0.2, 0.25) is 0 Å². The van der Waals surface area contributed by atoms with Crippen molar-refractivity contribution in [3.05, 3.63) is 65.5 Å². The van der Waals surface area contributed by atoms with Crippen LogP contribution in [0.2, 0.25) is 0 Å². The van der Waals surface area contributed by atoms with Crippen LogP contribution in [0.15, 0.2) is 48.5 Å². The first kappa shape index (κ1) is 20.3. The third kappa shape index (κ3) is 6.65. The molecule has 0 spiro atoms. The Hall–Kier alpha value is -3.03. The summed E-state index contributed by atoms with van der Waals surface area (Å²) in [6.45, 7) is -1.24. The lowest BCUT2D eigenvalue weighted by atomic mass is 10.1. The first-order valence-electron chi connectivity index (χ1n) is 8.13. The van der Waals surface area contributed by atoms with Gasteiger partial charge in [-0.2, -0.15) is 8.78 Å². The number of esters is 1. The molecule has 0 fully saturated rings. The number of amides is 1. The Labute approximate surface area is 154 Å². The Bertz CT molecular complexity index is 764. The van der Waals surface area contributed by atoms with Crippen LogP contribution >= 0.6 is 0 Å². The van der Waals surface area contributed by atoms with Gasteiger partial charge < -0.3 is 14.8 Å². The molecule has 2 aromatic carbocycles. The largest absolute Gasteiger partial charge is 0.449 e. The lowest BCUT2D eigenvalue weighted by molar-refractivity contribution is -0.129. The summed E-state index contributed by atoms with van der Waals surface area (Å²) in [5.74, 6) is -1.67. The van der Waals surface area contributed by atoms with Crippen molar-refractivity contribution in [3.63, 3.8) is 0 Å². The van der Waals surface area contributed by atoms with E-state index in [9.17, 15) is 22.8 Å². The zero-order chi connectivity index (χ0) is 19.8. The van der Waals surface area contributed by atoms with E-state index in [1.165, 1.54) is 43.3 Å². The Morgan fingerprint density at radius 3 is 2.26 bits per heavy atom. The van der Waals surface area contributed by atoms with Crippen molar-refractivity contribution < 1.29 is 32.2 Å². The highest BCUT2D eigenvalue weighted by Gasteiger charge is 2.18. The highest BCUT2D eigenvalue weighted by atomic mass is 19.3. The van der Waals surface area contributed by atoms with Crippen molar-refractivity contribution in [2.75, 3.05) is 6.54 Å². The Balaban J connectivity index is 1.79. The summed E-state index contributed by atoms with van der Waals surface area (Å²) >= 11 is 0. The molecule has 1 amide bonds. The zero-order valence-electron chi connectivity index (χ0n) is 14.5. The number of alkyl halides is 2. The summed E-state index contributed by atoms with van der Waals surface area (Å²) in [6.07, 6.45) is -0.541. The summed E-state index contributed by atoms with van der Waals surface area (Å²) in [5, 5.41) is 2.62. The highest BCUT2D eigenvalue weighted by Crippen LogP contribution is 2.16. The van der Waals surface area contributed by atoms with E-state index in [0.717, 1.165) is 5.56 Å². The van der Waals surface area contributed by atoms with Crippen LogP contribution in [0.4, 0.5) is 13.2 Å². The molecule has 0 aliphatic rings. The van der Waals surface area contributed by atoms with Crippen LogP contribution in [0, 0.1) is 5.82 Å². The van der Waals surface area contributed by atoms with E-state index in [1.807, 2.05) is 0 Å². The third-order valence-electron chi connectivity index (χ3n) is 3.59. The molecule has 5 nitrogen and oxygen atoms in total. The number of rotatable bonds is 8. The number of carbonyl (C=O) groups excluding carboxylic acids is 2. The molecule has 2 aromatic rings. The van der Waals surface area contributed by atoms with Crippen molar-refractivity contribution in [1.82, 2.24) is 5.32 Å². The van der Waals surface area contributed by atoms with Gasteiger partial charge >= 0.3 is 12.6 Å². The van der Waals surface area contributed by atoms with Crippen molar-refractivity contribution >= 4 is 11.9 Å². The molecule has 144 valence electrons. The summed E-state index contributed by atoms with van der Waals surface area (Å²) in [7, 11) is 0. The molecule has 0 heterocycles. The second-order valence-corrected chi connectivity index (χ2v) is 5.62. The minimum Gasteiger partial charge on any atom is -0.449 e. The molecule has 0 aliphatic heterocycles. The summed E-state index contributed by atoms with van der Waals surface area (Å²) < 4.78 is 46.2. The normalized spacial score (nSPS) is 11.7. The lowest BCUT2D eigenvalue weighted by Gasteiger charge is -2.14. The molecule has 0 unspecified atom stereocenters. The van der Waals surface area contributed by atoms with Crippen LogP contribution in [0.1, 0.15) is 22.8 Å². The molecule has 0 saturated carbocycles. The minimum atomic E-state index is -2.96. The molecule has 1 N–H and O–H groups in total. The topological polar surface area (TPSA) is 64.6 Å². The van der Waals surface area contributed by atoms with Gasteiger partial charge in [0.1, 0.15) is 11.6 Å².